The number of rotatable bonds is 6. The second-order valence-electron chi connectivity index (χ2n) is 5.24. The summed E-state index contributed by atoms with van der Waals surface area (Å²) >= 11 is 0. The summed E-state index contributed by atoms with van der Waals surface area (Å²) < 4.78 is 0. The fraction of sp³-hybridized carbons (Fsp3) is 0. The minimum atomic E-state index is -0.333. The van der Waals surface area contributed by atoms with Gasteiger partial charge < -0.3 is 4.98 Å². The molecule has 3 N–H and O–H groups in total. The Morgan fingerprint density at radius 1 is 0.741 bits per heavy atom. The summed E-state index contributed by atoms with van der Waals surface area (Å²) in [5.74, 6) is -0.665. The summed E-state index contributed by atoms with van der Waals surface area (Å²) in [6, 6.07) is 9.88. The average molecular weight is 361 g/mol. The van der Waals surface area contributed by atoms with Crippen molar-refractivity contribution < 1.29 is 9.59 Å². The van der Waals surface area contributed by atoms with Crippen molar-refractivity contribution in [3.63, 3.8) is 0 Å². The van der Waals surface area contributed by atoms with E-state index in [0.717, 1.165) is 0 Å². The summed E-state index contributed by atoms with van der Waals surface area (Å²) in [6.07, 6.45) is 9.05. The number of carbonyl (C=O) groups excluding carboxylic acids is 2. The van der Waals surface area contributed by atoms with Crippen molar-refractivity contribution in [3.05, 3.63) is 83.7 Å². The molecule has 0 saturated carbocycles. The van der Waals surface area contributed by atoms with Crippen molar-refractivity contribution in [2.75, 3.05) is 0 Å². The molecule has 0 aliphatic rings. The highest BCUT2D eigenvalue weighted by Gasteiger charge is 2.03. The number of hydrogen-bond donors (Lipinski definition) is 3. The van der Waals surface area contributed by atoms with E-state index in [4.69, 9.17) is 0 Å². The van der Waals surface area contributed by atoms with E-state index in [1.807, 2.05) is 0 Å². The van der Waals surface area contributed by atoms with Crippen molar-refractivity contribution in [3.8, 4) is 0 Å². The van der Waals surface area contributed by atoms with Crippen LogP contribution in [0.4, 0.5) is 0 Å². The fourth-order valence-electron chi connectivity index (χ4n) is 2.04. The maximum atomic E-state index is 11.8. The normalized spacial score (nSPS) is 11.0. The van der Waals surface area contributed by atoms with Gasteiger partial charge in [0.05, 0.1) is 23.8 Å². The summed E-state index contributed by atoms with van der Waals surface area (Å²) in [7, 11) is 0. The number of amides is 2. The first-order valence-corrected chi connectivity index (χ1v) is 7.88. The van der Waals surface area contributed by atoms with Gasteiger partial charge in [-0.3, -0.25) is 19.6 Å². The van der Waals surface area contributed by atoms with Crippen LogP contribution in [0.1, 0.15) is 32.1 Å². The van der Waals surface area contributed by atoms with E-state index >= 15 is 0 Å². The molecule has 134 valence electrons. The molecule has 0 aliphatic heterocycles. The molecule has 0 aliphatic carbocycles. The zero-order chi connectivity index (χ0) is 18.9. The van der Waals surface area contributed by atoms with Crippen LogP contribution in [0.5, 0.6) is 0 Å². The Morgan fingerprint density at radius 3 is 1.56 bits per heavy atom. The van der Waals surface area contributed by atoms with E-state index in [0.29, 0.717) is 22.5 Å². The molecular weight excluding hydrogens is 346 g/mol. The minimum absolute atomic E-state index is 0.333. The zero-order valence-electron chi connectivity index (χ0n) is 14.0. The minimum Gasteiger partial charge on any atom is -0.353 e. The molecule has 0 spiro atoms. The second kappa shape index (κ2) is 8.81. The lowest BCUT2D eigenvalue weighted by atomic mass is 10.3. The number of pyridine rings is 2. The lowest BCUT2D eigenvalue weighted by Gasteiger charge is -1.98. The summed E-state index contributed by atoms with van der Waals surface area (Å²) in [6.45, 7) is 0. The average Bonchev–Trinajstić information content (AvgIpc) is 3.17. The summed E-state index contributed by atoms with van der Waals surface area (Å²) in [4.78, 5) is 34.4. The Balaban J connectivity index is 1.51. The van der Waals surface area contributed by atoms with E-state index in [9.17, 15) is 9.59 Å². The van der Waals surface area contributed by atoms with Crippen molar-refractivity contribution in [1.82, 2.24) is 25.8 Å². The van der Waals surface area contributed by atoms with Gasteiger partial charge in [0.2, 0.25) is 0 Å². The molecule has 0 atom stereocenters. The first-order chi connectivity index (χ1) is 13.2. The molecule has 0 fully saturated rings. The summed E-state index contributed by atoms with van der Waals surface area (Å²) in [5, 5.41) is 7.77. The highest BCUT2D eigenvalue weighted by Crippen LogP contribution is 1.99. The van der Waals surface area contributed by atoms with Gasteiger partial charge in [0.25, 0.3) is 11.8 Å². The van der Waals surface area contributed by atoms with Crippen molar-refractivity contribution in [1.29, 1.82) is 0 Å². The summed E-state index contributed by atoms with van der Waals surface area (Å²) in [5.41, 5.74) is 7.09. The van der Waals surface area contributed by atoms with Gasteiger partial charge in [-0.2, -0.15) is 10.2 Å². The highest BCUT2D eigenvalue weighted by molar-refractivity contribution is 5.95. The maximum Gasteiger partial charge on any atom is 0.271 e. The molecule has 3 aromatic rings. The quantitative estimate of drug-likeness (QED) is 0.452. The molecule has 2 amide bonds. The van der Waals surface area contributed by atoms with E-state index < -0.39 is 0 Å². The number of nitrogens with zero attached hydrogens (tertiary/aromatic N) is 4. The molecule has 0 aromatic carbocycles. The first kappa shape index (κ1) is 17.7. The molecule has 27 heavy (non-hydrogen) atoms. The molecule has 9 nitrogen and oxygen atoms in total. The smallest absolute Gasteiger partial charge is 0.271 e. The van der Waals surface area contributed by atoms with Gasteiger partial charge in [-0.15, -0.1) is 0 Å². The zero-order valence-corrected chi connectivity index (χ0v) is 14.0. The second-order valence-corrected chi connectivity index (χ2v) is 5.24. The number of hydrazone groups is 2. The van der Waals surface area contributed by atoms with Crippen LogP contribution in [-0.2, 0) is 0 Å². The molecular formula is C18H15N7O2. The van der Waals surface area contributed by atoms with Crippen molar-refractivity contribution in [2.24, 2.45) is 10.2 Å². The Kier molecular flexibility index (Phi) is 5.77. The number of aromatic nitrogens is 3. The van der Waals surface area contributed by atoms with Crippen molar-refractivity contribution >= 4 is 24.2 Å². The molecule has 0 saturated heterocycles. The van der Waals surface area contributed by atoms with Crippen LogP contribution < -0.4 is 10.9 Å². The standard InChI is InChI=1S/C18H15N7O2/c26-17(13-3-7-19-8-4-13)24-21-11-15-1-2-16(23-15)12-22-25-18(27)14-5-9-20-10-6-14/h1-12,23H,(H,24,26)(H,25,27). The number of nitrogens with one attached hydrogen (secondary N) is 3. The Bertz CT molecular complexity index is 888. The largest absolute Gasteiger partial charge is 0.353 e. The molecule has 0 bridgehead atoms. The third-order valence-electron chi connectivity index (χ3n) is 3.36. The lowest BCUT2D eigenvalue weighted by molar-refractivity contribution is 0.0947. The predicted octanol–water partition coefficient (Wildman–Crippen LogP) is 1.33. The van der Waals surface area contributed by atoms with E-state index in [2.05, 4.69) is 36.0 Å². The van der Waals surface area contributed by atoms with E-state index in [1.54, 1.807) is 36.4 Å². The Hall–Kier alpha value is -4.14. The SMILES string of the molecule is O=C(NN=Cc1ccc(C=NNC(=O)c2ccncc2)[nH]1)c1ccncc1. The molecule has 9 heteroatoms. The van der Waals surface area contributed by atoms with Crippen LogP contribution in [0.3, 0.4) is 0 Å². The molecule has 0 radical (unpaired) electrons. The first-order valence-electron chi connectivity index (χ1n) is 7.88. The van der Waals surface area contributed by atoms with Gasteiger partial charge in [-0.05, 0) is 36.4 Å². The molecule has 3 aromatic heterocycles. The van der Waals surface area contributed by atoms with E-state index in [1.165, 1.54) is 37.2 Å². The Morgan fingerprint density at radius 2 is 1.15 bits per heavy atom. The van der Waals surface area contributed by atoms with Crippen molar-refractivity contribution in [2.45, 2.75) is 0 Å². The van der Waals surface area contributed by atoms with E-state index in [-0.39, 0.29) is 11.8 Å². The highest BCUT2D eigenvalue weighted by atomic mass is 16.2. The van der Waals surface area contributed by atoms with Crippen LogP contribution in [0, 0.1) is 0 Å². The van der Waals surface area contributed by atoms with Gasteiger partial charge in [-0.25, -0.2) is 10.9 Å². The molecule has 3 rings (SSSR count). The molecule has 0 unspecified atom stereocenters. The third-order valence-corrected chi connectivity index (χ3v) is 3.36. The monoisotopic (exact) mass is 361 g/mol. The van der Waals surface area contributed by atoms with Crippen LogP contribution in [0.2, 0.25) is 0 Å². The van der Waals surface area contributed by atoms with Crippen LogP contribution in [-0.4, -0.2) is 39.2 Å². The van der Waals surface area contributed by atoms with Gasteiger partial charge in [0, 0.05) is 35.9 Å². The van der Waals surface area contributed by atoms with Gasteiger partial charge >= 0.3 is 0 Å². The lowest BCUT2D eigenvalue weighted by Crippen LogP contribution is -2.17. The predicted molar refractivity (Wildman–Crippen MR) is 99.4 cm³/mol. The van der Waals surface area contributed by atoms with Crippen LogP contribution in [0.15, 0.2) is 71.4 Å². The van der Waals surface area contributed by atoms with Crippen LogP contribution >= 0.6 is 0 Å². The van der Waals surface area contributed by atoms with Gasteiger partial charge in [0.15, 0.2) is 0 Å². The maximum absolute atomic E-state index is 11.8. The van der Waals surface area contributed by atoms with Gasteiger partial charge in [-0.1, -0.05) is 0 Å². The molecule has 3 heterocycles. The number of carbonyl (C=O) groups is 2. The Labute approximate surface area is 154 Å². The number of aromatic amines is 1. The van der Waals surface area contributed by atoms with Crippen LogP contribution in [0.25, 0.3) is 0 Å². The topological polar surface area (TPSA) is 124 Å². The third kappa shape index (κ3) is 5.16. The number of hydrogen-bond acceptors (Lipinski definition) is 6. The fourth-order valence-corrected chi connectivity index (χ4v) is 2.04. The number of H-pyrrole nitrogens is 1. The van der Waals surface area contributed by atoms with Gasteiger partial charge in [0.1, 0.15) is 0 Å².